The van der Waals surface area contributed by atoms with Crippen molar-refractivity contribution in [1.29, 1.82) is 0 Å². The van der Waals surface area contributed by atoms with Gasteiger partial charge in [-0.05, 0) is 49.8 Å². The molecule has 1 amide bonds. The molecule has 1 saturated carbocycles. The Morgan fingerprint density at radius 2 is 2.12 bits per heavy atom. The van der Waals surface area contributed by atoms with Crippen molar-refractivity contribution in [3.05, 3.63) is 34.4 Å². The largest absolute Gasteiger partial charge is 0.335 e. The molecule has 1 fully saturated rings. The lowest BCUT2D eigenvalue weighted by Crippen LogP contribution is -2.22. The van der Waals surface area contributed by atoms with Crippen molar-refractivity contribution in [1.82, 2.24) is 4.90 Å². The van der Waals surface area contributed by atoms with E-state index in [0.717, 1.165) is 24.6 Å². The first-order chi connectivity index (χ1) is 7.70. The molecule has 1 aromatic rings. The van der Waals surface area contributed by atoms with Crippen molar-refractivity contribution in [3.8, 4) is 0 Å². The van der Waals surface area contributed by atoms with Gasteiger partial charge in [0.1, 0.15) is 0 Å². The Morgan fingerprint density at radius 3 is 2.75 bits per heavy atom. The number of amides is 1. The molecule has 1 aromatic carbocycles. The molecule has 1 heterocycles. The van der Waals surface area contributed by atoms with Crippen LogP contribution < -0.4 is 0 Å². The van der Waals surface area contributed by atoms with Crippen LogP contribution in [-0.4, -0.2) is 17.4 Å². The molecule has 0 unspecified atom stereocenters. The summed E-state index contributed by atoms with van der Waals surface area (Å²) in [6, 6.07) is 4.34. The van der Waals surface area contributed by atoms with Gasteiger partial charge >= 0.3 is 0 Å². The van der Waals surface area contributed by atoms with Gasteiger partial charge in [-0.25, -0.2) is 0 Å². The fourth-order valence-corrected chi connectivity index (χ4v) is 2.66. The fraction of sp³-hybridized carbons (Fsp3) is 0.500. The summed E-state index contributed by atoms with van der Waals surface area (Å²) in [4.78, 5) is 14.0. The Kier molecular flexibility index (Phi) is 2.06. The molecule has 0 saturated heterocycles. The zero-order valence-corrected chi connectivity index (χ0v) is 9.92. The van der Waals surface area contributed by atoms with Crippen LogP contribution in [0.15, 0.2) is 12.1 Å². The molecule has 2 aliphatic rings. The molecular weight excluding hydrogens is 198 g/mol. The molecule has 3 rings (SSSR count). The monoisotopic (exact) mass is 215 g/mol. The number of rotatable bonds is 2. The van der Waals surface area contributed by atoms with Crippen LogP contribution in [-0.2, 0) is 6.54 Å². The van der Waals surface area contributed by atoms with E-state index < -0.39 is 0 Å². The molecule has 0 spiro atoms. The van der Waals surface area contributed by atoms with Crippen LogP contribution in [0.3, 0.4) is 0 Å². The number of carbonyl (C=O) groups excluding carboxylic acids is 1. The van der Waals surface area contributed by atoms with Crippen LogP contribution in [0.5, 0.6) is 0 Å². The molecular formula is C14H17NO. The van der Waals surface area contributed by atoms with Crippen molar-refractivity contribution < 1.29 is 4.79 Å². The van der Waals surface area contributed by atoms with E-state index in [1.807, 2.05) is 11.8 Å². The van der Waals surface area contributed by atoms with E-state index in [1.54, 1.807) is 0 Å². The summed E-state index contributed by atoms with van der Waals surface area (Å²) in [7, 11) is 0. The molecule has 2 heteroatoms. The second kappa shape index (κ2) is 3.34. The normalized spacial score (nSPS) is 19.1. The first-order valence-corrected chi connectivity index (χ1v) is 6.13. The Hall–Kier alpha value is -1.31. The molecule has 0 N–H and O–H groups in total. The summed E-state index contributed by atoms with van der Waals surface area (Å²) in [5.41, 5.74) is 4.94. The summed E-state index contributed by atoms with van der Waals surface area (Å²) in [5, 5.41) is 0. The number of benzene rings is 1. The minimum Gasteiger partial charge on any atom is -0.335 e. The van der Waals surface area contributed by atoms with Gasteiger partial charge in [0.25, 0.3) is 5.91 Å². The van der Waals surface area contributed by atoms with Gasteiger partial charge < -0.3 is 4.90 Å². The minimum atomic E-state index is 0.225. The minimum absolute atomic E-state index is 0.225. The van der Waals surface area contributed by atoms with E-state index >= 15 is 0 Å². The van der Waals surface area contributed by atoms with E-state index in [4.69, 9.17) is 0 Å². The third kappa shape index (κ3) is 1.36. The highest BCUT2D eigenvalue weighted by Crippen LogP contribution is 2.44. The van der Waals surface area contributed by atoms with Crippen LogP contribution in [0.4, 0.5) is 0 Å². The number of nitrogens with zero attached hydrogens (tertiary/aromatic N) is 1. The van der Waals surface area contributed by atoms with Crippen molar-refractivity contribution in [2.24, 2.45) is 0 Å². The fourth-order valence-electron chi connectivity index (χ4n) is 2.66. The summed E-state index contributed by atoms with van der Waals surface area (Å²) < 4.78 is 0. The molecule has 0 radical (unpaired) electrons. The highest BCUT2D eigenvalue weighted by Gasteiger charge is 2.33. The molecule has 1 aliphatic carbocycles. The lowest BCUT2D eigenvalue weighted by atomic mass is 9.97. The average Bonchev–Trinajstić information content (AvgIpc) is 3.05. The van der Waals surface area contributed by atoms with Crippen molar-refractivity contribution in [2.45, 2.75) is 39.2 Å². The molecule has 2 nitrogen and oxygen atoms in total. The maximum Gasteiger partial charge on any atom is 0.254 e. The van der Waals surface area contributed by atoms with E-state index in [0.29, 0.717) is 0 Å². The summed E-state index contributed by atoms with van der Waals surface area (Å²) in [5.74, 6) is 0.960. The predicted molar refractivity (Wildman–Crippen MR) is 63.6 cm³/mol. The Morgan fingerprint density at radius 1 is 1.38 bits per heavy atom. The van der Waals surface area contributed by atoms with Gasteiger partial charge in [0.2, 0.25) is 0 Å². The molecule has 0 aromatic heterocycles. The lowest BCUT2D eigenvalue weighted by Gasteiger charge is -2.11. The van der Waals surface area contributed by atoms with Crippen LogP contribution in [0, 0.1) is 6.92 Å². The SMILES string of the molecule is CCN1Cc2c(cc(C)cc2C2CC2)C1=O. The highest BCUT2D eigenvalue weighted by atomic mass is 16.2. The third-order valence-corrected chi connectivity index (χ3v) is 3.69. The van der Waals surface area contributed by atoms with Gasteiger partial charge in [0.15, 0.2) is 0 Å². The molecule has 16 heavy (non-hydrogen) atoms. The maximum atomic E-state index is 12.1. The number of hydrogen-bond donors (Lipinski definition) is 0. The maximum absolute atomic E-state index is 12.1. The van der Waals surface area contributed by atoms with Crippen LogP contribution >= 0.6 is 0 Å². The predicted octanol–water partition coefficient (Wildman–Crippen LogP) is 2.85. The van der Waals surface area contributed by atoms with Gasteiger partial charge in [-0.2, -0.15) is 0 Å². The molecule has 1 aliphatic heterocycles. The molecule has 0 atom stereocenters. The van der Waals surface area contributed by atoms with Gasteiger partial charge in [-0.15, -0.1) is 0 Å². The Bertz CT molecular complexity index is 460. The second-order valence-electron chi connectivity index (χ2n) is 4.97. The zero-order valence-electron chi connectivity index (χ0n) is 9.92. The molecule has 84 valence electrons. The van der Waals surface area contributed by atoms with Crippen LogP contribution in [0.1, 0.15) is 52.7 Å². The van der Waals surface area contributed by atoms with Gasteiger partial charge in [-0.1, -0.05) is 11.6 Å². The number of carbonyl (C=O) groups is 1. The number of hydrogen-bond acceptors (Lipinski definition) is 1. The summed E-state index contributed by atoms with van der Waals surface area (Å²) in [6.45, 7) is 5.79. The Balaban J connectivity index is 2.11. The quantitative estimate of drug-likeness (QED) is 0.743. The summed E-state index contributed by atoms with van der Waals surface area (Å²) in [6.07, 6.45) is 2.60. The first-order valence-electron chi connectivity index (χ1n) is 6.13. The van der Waals surface area contributed by atoms with Crippen LogP contribution in [0.2, 0.25) is 0 Å². The first kappa shape index (κ1) is 9.88. The standard InChI is InChI=1S/C14H17NO/c1-3-15-8-13-11(10-4-5-10)6-9(2)7-12(13)14(15)16/h6-7,10H,3-5,8H2,1-2H3. The number of aryl methyl sites for hydroxylation is 1. The van der Waals surface area contributed by atoms with Crippen molar-refractivity contribution >= 4 is 5.91 Å². The third-order valence-electron chi connectivity index (χ3n) is 3.69. The van der Waals surface area contributed by atoms with Gasteiger partial charge in [0.05, 0.1) is 0 Å². The van der Waals surface area contributed by atoms with E-state index in [-0.39, 0.29) is 5.91 Å². The zero-order chi connectivity index (χ0) is 11.3. The van der Waals surface area contributed by atoms with E-state index in [1.165, 1.54) is 29.5 Å². The highest BCUT2D eigenvalue weighted by molar-refractivity contribution is 5.99. The van der Waals surface area contributed by atoms with Gasteiger partial charge in [0, 0.05) is 18.7 Å². The van der Waals surface area contributed by atoms with Crippen molar-refractivity contribution in [2.75, 3.05) is 6.54 Å². The topological polar surface area (TPSA) is 20.3 Å². The number of fused-ring (bicyclic) bond motifs is 1. The second-order valence-corrected chi connectivity index (χ2v) is 4.97. The Labute approximate surface area is 96.3 Å². The summed E-state index contributed by atoms with van der Waals surface area (Å²) >= 11 is 0. The van der Waals surface area contributed by atoms with E-state index in [2.05, 4.69) is 19.1 Å². The molecule has 0 bridgehead atoms. The van der Waals surface area contributed by atoms with Gasteiger partial charge in [-0.3, -0.25) is 4.79 Å². The smallest absolute Gasteiger partial charge is 0.254 e. The van der Waals surface area contributed by atoms with E-state index in [9.17, 15) is 4.79 Å². The van der Waals surface area contributed by atoms with Crippen molar-refractivity contribution in [3.63, 3.8) is 0 Å². The van der Waals surface area contributed by atoms with Crippen LogP contribution in [0.25, 0.3) is 0 Å². The lowest BCUT2D eigenvalue weighted by molar-refractivity contribution is 0.0787. The average molecular weight is 215 g/mol.